The summed E-state index contributed by atoms with van der Waals surface area (Å²) in [4.78, 5) is 18.5. The Morgan fingerprint density at radius 3 is 2.57 bits per heavy atom. The lowest BCUT2D eigenvalue weighted by Crippen LogP contribution is -2.29. The van der Waals surface area contributed by atoms with Crippen molar-refractivity contribution in [3.63, 3.8) is 0 Å². The van der Waals surface area contributed by atoms with E-state index in [1.807, 2.05) is 30.3 Å². The van der Waals surface area contributed by atoms with Crippen molar-refractivity contribution in [1.29, 1.82) is 0 Å². The van der Waals surface area contributed by atoms with E-state index in [9.17, 15) is 4.79 Å². The van der Waals surface area contributed by atoms with Gasteiger partial charge in [0, 0.05) is 18.6 Å². The molecule has 28 heavy (non-hydrogen) atoms. The zero-order chi connectivity index (χ0) is 20.1. The third-order valence-electron chi connectivity index (χ3n) is 4.11. The van der Waals surface area contributed by atoms with Crippen molar-refractivity contribution in [1.82, 2.24) is 19.7 Å². The van der Waals surface area contributed by atoms with Gasteiger partial charge in [-0.25, -0.2) is 9.67 Å². The van der Waals surface area contributed by atoms with Crippen LogP contribution in [-0.2, 0) is 0 Å². The van der Waals surface area contributed by atoms with Gasteiger partial charge in [-0.1, -0.05) is 35.3 Å². The SMILES string of the molecule is Cc1nc(C(=O)N(C)CCCOc2ccc(Cl)cc2)nn1-c1ccccc1Cl. The Balaban J connectivity index is 1.57. The first-order valence-corrected chi connectivity index (χ1v) is 9.53. The highest BCUT2D eigenvalue weighted by molar-refractivity contribution is 6.32. The topological polar surface area (TPSA) is 60.3 Å². The van der Waals surface area contributed by atoms with E-state index < -0.39 is 0 Å². The minimum absolute atomic E-state index is 0.138. The minimum atomic E-state index is -0.250. The van der Waals surface area contributed by atoms with Crippen molar-refractivity contribution in [3.05, 3.63) is 70.2 Å². The fourth-order valence-corrected chi connectivity index (χ4v) is 2.97. The molecule has 0 N–H and O–H groups in total. The quantitative estimate of drug-likeness (QED) is 0.532. The van der Waals surface area contributed by atoms with Crippen LogP contribution >= 0.6 is 23.2 Å². The van der Waals surface area contributed by atoms with Gasteiger partial charge in [0.15, 0.2) is 0 Å². The van der Waals surface area contributed by atoms with Gasteiger partial charge in [-0.3, -0.25) is 4.79 Å². The molecule has 0 radical (unpaired) electrons. The van der Waals surface area contributed by atoms with Crippen LogP contribution in [0.3, 0.4) is 0 Å². The van der Waals surface area contributed by atoms with Gasteiger partial charge in [0.1, 0.15) is 11.6 Å². The van der Waals surface area contributed by atoms with Gasteiger partial charge in [0.05, 0.1) is 17.3 Å². The fourth-order valence-electron chi connectivity index (χ4n) is 2.63. The van der Waals surface area contributed by atoms with Crippen LogP contribution in [0.25, 0.3) is 5.69 Å². The number of carbonyl (C=O) groups is 1. The average Bonchev–Trinajstić information content (AvgIpc) is 3.07. The molecule has 0 aliphatic carbocycles. The van der Waals surface area contributed by atoms with Gasteiger partial charge in [-0.15, -0.1) is 5.10 Å². The van der Waals surface area contributed by atoms with Crippen LogP contribution in [0.4, 0.5) is 0 Å². The lowest BCUT2D eigenvalue weighted by atomic mass is 10.3. The highest BCUT2D eigenvalue weighted by atomic mass is 35.5. The second-order valence-electron chi connectivity index (χ2n) is 6.23. The zero-order valence-electron chi connectivity index (χ0n) is 15.6. The zero-order valence-corrected chi connectivity index (χ0v) is 17.1. The van der Waals surface area contributed by atoms with Crippen molar-refractivity contribution in [2.45, 2.75) is 13.3 Å². The average molecular weight is 419 g/mol. The van der Waals surface area contributed by atoms with Crippen molar-refractivity contribution in [2.75, 3.05) is 20.2 Å². The summed E-state index contributed by atoms with van der Waals surface area (Å²) < 4.78 is 7.22. The van der Waals surface area contributed by atoms with Crippen LogP contribution in [0.15, 0.2) is 48.5 Å². The standard InChI is InChI=1S/C20H20Cl2N4O2/c1-14-23-19(24-26(14)18-7-4-3-6-17(18)22)20(27)25(2)12-5-13-28-16-10-8-15(21)9-11-16/h3-4,6-11H,5,12-13H2,1-2H3. The second-order valence-corrected chi connectivity index (χ2v) is 7.07. The molecule has 0 saturated heterocycles. The van der Waals surface area contributed by atoms with E-state index in [1.165, 1.54) is 0 Å². The van der Waals surface area contributed by atoms with Crippen molar-refractivity contribution >= 4 is 29.1 Å². The van der Waals surface area contributed by atoms with Crippen LogP contribution in [-0.4, -0.2) is 45.8 Å². The fraction of sp³-hybridized carbons (Fsp3) is 0.250. The molecule has 1 amide bonds. The van der Waals surface area contributed by atoms with Crippen LogP contribution in [0.2, 0.25) is 10.0 Å². The number of carbonyl (C=O) groups excluding carboxylic acids is 1. The number of benzene rings is 2. The van der Waals surface area contributed by atoms with Crippen molar-refractivity contribution in [3.8, 4) is 11.4 Å². The number of ether oxygens (including phenoxy) is 1. The molecule has 3 aromatic rings. The number of hydrogen-bond acceptors (Lipinski definition) is 4. The maximum atomic E-state index is 12.6. The van der Waals surface area contributed by atoms with Gasteiger partial charge in [-0.05, 0) is 49.7 Å². The summed E-state index contributed by atoms with van der Waals surface area (Å²) in [5, 5.41) is 5.54. The number of aromatic nitrogens is 3. The molecule has 0 aliphatic heterocycles. The van der Waals surface area contributed by atoms with Crippen LogP contribution in [0.1, 0.15) is 22.9 Å². The molecule has 8 heteroatoms. The highest BCUT2D eigenvalue weighted by Crippen LogP contribution is 2.20. The molecule has 0 fully saturated rings. The Morgan fingerprint density at radius 2 is 1.86 bits per heavy atom. The molecule has 3 rings (SSSR count). The van der Waals surface area contributed by atoms with E-state index in [2.05, 4.69) is 10.1 Å². The third-order valence-corrected chi connectivity index (χ3v) is 4.68. The molecule has 146 valence electrons. The van der Waals surface area contributed by atoms with Gasteiger partial charge >= 0.3 is 0 Å². The molecule has 0 unspecified atom stereocenters. The summed E-state index contributed by atoms with van der Waals surface area (Å²) in [6, 6.07) is 14.5. The summed E-state index contributed by atoms with van der Waals surface area (Å²) in [6.45, 7) is 2.79. The number of nitrogens with zero attached hydrogens (tertiary/aromatic N) is 4. The largest absolute Gasteiger partial charge is 0.494 e. The van der Waals surface area contributed by atoms with E-state index >= 15 is 0 Å². The Labute approximate surface area is 173 Å². The monoisotopic (exact) mass is 418 g/mol. The van der Waals surface area contributed by atoms with Crippen LogP contribution < -0.4 is 4.74 Å². The molecule has 0 bridgehead atoms. The summed E-state index contributed by atoms with van der Waals surface area (Å²) in [5.41, 5.74) is 0.687. The number of halogens is 2. The van der Waals surface area contributed by atoms with Crippen molar-refractivity contribution < 1.29 is 9.53 Å². The predicted molar refractivity (Wildman–Crippen MR) is 110 cm³/mol. The van der Waals surface area contributed by atoms with E-state index in [0.29, 0.717) is 41.1 Å². The van der Waals surface area contributed by atoms with E-state index in [1.54, 1.807) is 41.8 Å². The maximum Gasteiger partial charge on any atom is 0.293 e. The Morgan fingerprint density at radius 1 is 1.14 bits per heavy atom. The predicted octanol–water partition coefficient (Wildman–Crippen LogP) is 4.42. The summed E-state index contributed by atoms with van der Waals surface area (Å²) in [6.07, 6.45) is 0.676. The summed E-state index contributed by atoms with van der Waals surface area (Å²) in [5.74, 6) is 1.23. The van der Waals surface area contributed by atoms with Gasteiger partial charge < -0.3 is 9.64 Å². The molecule has 1 aromatic heterocycles. The molecular formula is C20H20Cl2N4O2. The lowest BCUT2D eigenvalue weighted by Gasteiger charge is -2.15. The Hall–Kier alpha value is -2.57. The molecule has 6 nitrogen and oxygen atoms in total. The number of para-hydroxylation sites is 1. The first kappa shape index (κ1) is 20.2. The molecule has 0 saturated carbocycles. The van der Waals surface area contributed by atoms with E-state index in [0.717, 1.165) is 5.75 Å². The minimum Gasteiger partial charge on any atom is -0.494 e. The van der Waals surface area contributed by atoms with Crippen LogP contribution in [0, 0.1) is 6.92 Å². The Bertz CT molecular complexity index is 957. The van der Waals surface area contributed by atoms with Crippen LogP contribution in [0.5, 0.6) is 5.75 Å². The molecule has 1 heterocycles. The number of aryl methyl sites for hydroxylation is 1. The molecule has 0 spiro atoms. The first-order chi connectivity index (χ1) is 13.5. The van der Waals surface area contributed by atoms with Gasteiger partial charge in [-0.2, -0.15) is 0 Å². The smallest absolute Gasteiger partial charge is 0.293 e. The number of amides is 1. The molecule has 0 aliphatic rings. The highest BCUT2D eigenvalue weighted by Gasteiger charge is 2.19. The third kappa shape index (κ3) is 4.82. The van der Waals surface area contributed by atoms with Crippen molar-refractivity contribution in [2.24, 2.45) is 0 Å². The summed E-state index contributed by atoms with van der Waals surface area (Å²) in [7, 11) is 1.72. The van der Waals surface area contributed by atoms with E-state index in [4.69, 9.17) is 27.9 Å². The van der Waals surface area contributed by atoms with Gasteiger partial charge in [0.2, 0.25) is 5.82 Å². The number of hydrogen-bond donors (Lipinski definition) is 0. The summed E-state index contributed by atoms with van der Waals surface area (Å²) >= 11 is 12.1. The number of rotatable bonds is 7. The van der Waals surface area contributed by atoms with E-state index in [-0.39, 0.29) is 11.7 Å². The lowest BCUT2D eigenvalue weighted by molar-refractivity contribution is 0.0776. The molecular weight excluding hydrogens is 399 g/mol. The Kier molecular flexibility index (Phi) is 6.54. The molecule has 0 atom stereocenters. The normalized spacial score (nSPS) is 10.7. The first-order valence-electron chi connectivity index (χ1n) is 8.78. The van der Waals surface area contributed by atoms with Gasteiger partial charge in [0.25, 0.3) is 5.91 Å². The second kappa shape index (κ2) is 9.08. The molecule has 2 aromatic carbocycles. The maximum absolute atomic E-state index is 12.6.